The molecule has 0 spiro atoms. The van der Waals surface area contributed by atoms with Crippen molar-refractivity contribution in [1.82, 2.24) is 4.90 Å². The zero-order valence-corrected chi connectivity index (χ0v) is 8.95. The smallest absolute Gasteiger partial charge is 0.240 e. The molecular formula is C11H18N2O2. The highest BCUT2D eigenvalue weighted by Crippen LogP contribution is 2.26. The van der Waals surface area contributed by atoms with Crippen LogP contribution in [0.25, 0.3) is 0 Å². The fourth-order valence-electron chi connectivity index (χ4n) is 2.44. The van der Waals surface area contributed by atoms with E-state index in [-0.39, 0.29) is 30.8 Å². The van der Waals surface area contributed by atoms with Crippen LogP contribution in [0.5, 0.6) is 0 Å². The number of likely N-dealkylation sites (tertiary alicyclic amines) is 1. The summed E-state index contributed by atoms with van der Waals surface area (Å²) in [6.07, 6.45) is 5.76. The van der Waals surface area contributed by atoms with Crippen molar-refractivity contribution in [3.05, 3.63) is 0 Å². The van der Waals surface area contributed by atoms with Crippen LogP contribution in [0, 0.1) is 5.92 Å². The summed E-state index contributed by atoms with van der Waals surface area (Å²) in [5.41, 5.74) is 5.95. The van der Waals surface area contributed by atoms with Crippen LogP contribution >= 0.6 is 0 Å². The predicted molar refractivity (Wildman–Crippen MR) is 56.1 cm³/mol. The molecule has 2 N–H and O–H groups in total. The third-order valence-electron chi connectivity index (χ3n) is 3.49. The minimum absolute atomic E-state index is 0.0264. The Morgan fingerprint density at radius 2 is 1.87 bits per heavy atom. The second-order valence-electron chi connectivity index (χ2n) is 4.66. The van der Waals surface area contributed by atoms with Gasteiger partial charge in [-0.15, -0.1) is 0 Å². The van der Waals surface area contributed by atoms with Gasteiger partial charge in [0, 0.05) is 0 Å². The zero-order chi connectivity index (χ0) is 10.8. The molecule has 1 atom stereocenters. The van der Waals surface area contributed by atoms with E-state index in [0.29, 0.717) is 5.92 Å². The number of ketones is 1. The molecule has 0 radical (unpaired) electrons. The molecule has 4 heteroatoms. The number of carbonyl (C=O) groups is 2. The molecule has 2 fully saturated rings. The first-order chi connectivity index (χ1) is 7.18. The van der Waals surface area contributed by atoms with Gasteiger partial charge in [0.15, 0.2) is 5.78 Å². The molecule has 2 aliphatic rings. The Kier molecular flexibility index (Phi) is 3.05. The summed E-state index contributed by atoms with van der Waals surface area (Å²) in [5.74, 6) is 0.447. The van der Waals surface area contributed by atoms with Crippen LogP contribution < -0.4 is 5.73 Å². The third kappa shape index (κ3) is 2.20. The maximum Gasteiger partial charge on any atom is 0.240 e. The van der Waals surface area contributed by atoms with Crippen molar-refractivity contribution in [3.8, 4) is 0 Å². The summed E-state index contributed by atoms with van der Waals surface area (Å²) in [4.78, 5) is 24.2. The Balaban J connectivity index is 1.86. The Morgan fingerprint density at radius 1 is 1.27 bits per heavy atom. The first-order valence-electron chi connectivity index (χ1n) is 5.74. The number of amides is 1. The van der Waals surface area contributed by atoms with Crippen molar-refractivity contribution in [3.63, 3.8) is 0 Å². The summed E-state index contributed by atoms with van der Waals surface area (Å²) >= 11 is 0. The van der Waals surface area contributed by atoms with Gasteiger partial charge in [0.05, 0.1) is 19.1 Å². The monoisotopic (exact) mass is 210 g/mol. The maximum absolute atomic E-state index is 11.8. The van der Waals surface area contributed by atoms with Crippen LogP contribution in [-0.2, 0) is 9.59 Å². The maximum atomic E-state index is 11.8. The molecular weight excluding hydrogens is 192 g/mol. The lowest BCUT2D eigenvalue weighted by Crippen LogP contribution is -2.57. The topological polar surface area (TPSA) is 63.4 Å². The fraction of sp³-hybridized carbons (Fsp3) is 0.818. The molecule has 1 amide bonds. The molecule has 4 nitrogen and oxygen atoms in total. The predicted octanol–water partition coefficient (Wildman–Crippen LogP) is 0.305. The van der Waals surface area contributed by atoms with Crippen molar-refractivity contribution in [1.29, 1.82) is 0 Å². The van der Waals surface area contributed by atoms with Crippen LogP contribution in [0.4, 0.5) is 0 Å². The van der Waals surface area contributed by atoms with Crippen LogP contribution in [-0.4, -0.2) is 35.7 Å². The summed E-state index contributed by atoms with van der Waals surface area (Å²) in [5, 5.41) is 0. The molecule has 1 saturated heterocycles. The lowest BCUT2D eigenvalue weighted by Gasteiger charge is -2.35. The molecule has 0 aromatic rings. The number of hydrogen-bond acceptors (Lipinski definition) is 3. The van der Waals surface area contributed by atoms with Crippen molar-refractivity contribution < 1.29 is 9.59 Å². The minimum Gasteiger partial charge on any atom is -0.327 e. The van der Waals surface area contributed by atoms with Gasteiger partial charge in [-0.3, -0.25) is 9.59 Å². The summed E-state index contributed by atoms with van der Waals surface area (Å²) in [6, 6.07) is -0.376. The molecule has 0 bridgehead atoms. The number of carbonyl (C=O) groups excluding carboxylic acids is 2. The largest absolute Gasteiger partial charge is 0.327 e. The van der Waals surface area contributed by atoms with E-state index in [1.54, 1.807) is 4.90 Å². The first kappa shape index (κ1) is 10.6. The summed E-state index contributed by atoms with van der Waals surface area (Å²) in [7, 11) is 0. The van der Waals surface area contributed by atoms with E-state index in [4.69, 9.17) is 5.73 Å². The first-order valence-corrected chi connectivity index (χ1v) is 5.74. The molecule has 0 aromatic heterocycles. The van der Waals surface area contributed by atoms with E-state index >= 15 is 0 Å². The highest BCUT2D eigenvalue weighted by molar-refractivity contribution is 5.97. The van der Waals surface area contributed by atoms with Crippen molar-refractivity contribution in [2.75, 3.05) is 13.1 Å². The number of hydrogen-bond donors (Lipinski definition) is 1. The summed E-state index contributed by atoms with van der Waals surface area (Å²) < 4.78 is 0. The van der Waals surface area contributed by atoms with E-state index < -0.39 is 0 Å². The lowest BCUT2D eigenvalue weighted by atomic mass is 9.83. The van der Waals surface area contributed by atoms with Gasteiger partial charge in [0.1, 0.15) is 0 Å². The van der Waals surface area contributed by atoms with Gasteiger partial charge in [-0.1, -0.05) is 19.3 Å². The van der Waals surface area contributed by atoms with E-state index in [9.17, 15) is 9.59 Å². The van der Waals surface area contributed by atoms with Gasteiger partial charge in [0.2, 0.25) is 5.91 Å². The highest BCUT2D eigenvalue weighted by Gasteiger charge is 2.35. The second-order valence-corrected chi connectivity index (χ2v) is 4.66. The third-order valence-corrected chi connectivity index (χ3v) is 3.49. The molecule has 1 heterocycles. The average Bonchev–Trinajstić information content (AvgIpc) is 2.24. The molecule has 1 saturated carbocycles. The SMILES string of the molecule is N[C@H](C(=O)N1CC(=O)C1)C1CCCCC1. The van der Waals surface area contributed by atoms with Gasteiger partial charge in [0.25, 0.3) is 0 Å². The van der Waals surface area contributed by atoms with Gasteiger partial charge in [-0.05, 0) is 18.8 Å². The summed E-state index contributed by atoms with van der Waals surface area (Å²) in [6.45, 7) is 0.554. The number of nitrogens with two attached hydrogens (primary N) is 1. The van der Waals surface area contributed by atoms with Crippen molar-refractivity contribution in [2.45, 2.75) is 38.1 Å². The van der Waals surface area contributed by atoms with Crippen LogP contribution in [0.1, 0.15) is 32.1 Å². The van der Waals surface area contributed by atoms with E-state index in [1.165, 1.54) is 19.3 Å². The van der Waals surface area contributed by atoms with Gasteiger partial charge >= 0.3 is 0 Å². The Hall–Kier alpha value is -0.900. The van der Waals surface area contributed by atoms with Gasteiger partial charge in [-0.25, -0.2) is 0 Å². The molecule has 84 valence electrons. The number of nitrogens with zero attached hydrogens (tertiary/aromatic N) is 1. The molecule has 2 rings (SSSR count). The lowest BCUT2D eigenvalue weighted by molar-refractivity contribution is -0.147. The molecule has 0 unspecified atom stereocenters. The fourth-order valence-corrected chi connectivity index (χ4v) is 2.44. The molecule has 1 aliphatic heterocycles. The number of Topliss-reactive ketones (excluding diaryl/α,β-unsaturated/α-hetero) is 1. The normalized spacial score (nSPS) is 24.9. The second kappa shape index (κ2) is 4.31. The Labute approximate surface area is 89.8 Å². The standard InChI is InChI=1S/C11H18N2O2/c12-10(8-4-2-1-3-5-8)11(15)13-6-9(14)7-13/h8,10H,1-7,12H2/t10-/m0/s1. The van der Waals surface area contributed by atoms with E-state index in [0.717, 1.165) is 12.8 Å². The van der Waals surface area contributed by atoms with E-state index in [1.807, 2.05) is 0 Å². The highest BCUT2D eigenvalue weighted by atomic mass is 16.2. The minimum atomic E-state index is -0.376. The van der Waals surface area contributed by atoms with Gasteiger partial charge in [-0.2, -0.15) is 0 Å². The zero-order valence-electron chi connectivity index (χ0n) is 8.95. The molecule has 15 heavy (non-hydrogen) atoms. The quantitative estimate of drug-likeness (QED) is 0.713. The van der Waals surface area contributed by atoms with Gasteiger partial charge < -0.3 is 10.6 Å². The van der Waals surface area contributed by atoms with Crippen molar-refractivity contribution >= 4 is 11.7 Å². The van der Waals surface area contributed by atoms with Crippen LogP contribution in [0.2, 0.25) is 0 Å². The Bertz CT molecular complexity index is 264. The molecule has 1 aliphatic carbocycles. The van der Waals surface area contributed by atoms with Crippen LogP contribution in [0.3, 0.4) is 0 Å². The average molecular weight is 210 g/mol. The molecule has 0 aromatic carbocycles. The Morgan fingerprint density at radius 3 is 2.40 bits per heavy atom. The van der Waals surface area contributed by atoms with Crippen molar-refractivity contribution in [2.24, 2.45) is 11.7 Å². The number of rotatable bonds is 2. The van der Waals surface area contributed by atoms with Crippen LogP contribution in [0.15, 0.2) is 0 Å². The van der Waals surface area contributed by atoms with E-state index in [2.05, 4.69) is 0 Å².